The van der Waals surface area contributed by atoms with Gasteiger partial charge in [0.05, 0.1) is 11.4 Å². The Bertz CT molecular complexity index is 1380. The van der Waals surface area contributed by atoms with Crippen LogP contribution >= 0.6 is 22.9 Å². The lowest BCUT2D eigenvalue weighted by Gasteiger charge is -2.43. The standard InChI is InChI=1S/C27H25ClN4O2S/c1-18-9-11-19(12-10-18)15-29-26(34)27(2)17-32-23(14-22(30-32)24-8-5-13-35-24)25(33)31(27)16-20-6-3-4-7-21(20)28/h3-14H,15-17H2,1-2H3,(H,29,34)/t27-/m1/s1. The van der Waals surface area contributed by atoms with Crippen LogP contribution in [0.3, 0.4) is 0 Å². The Labute approximate surface area is 213 Å². The van der Waals surface area contributed by atoms with Gasteiger partial charge in [-0.2, -0.15) is 5.10 Å². The minimum absolute atomic E-state index is 0.215. The van der Waals surface area contributed by atoms with Crippen LogP contribution in [0, 0.1) is 6.92 Å². The Balaban J connectivity index is 1.49. The highest BCUT2D eigenvalue weighted by atomic mass is 35.5. The lowest BCUT2D eigenvalue weighted by molar-refractivity contribution is -0.133. The van der Waals surface area contributed by atoms with Crippen molar-refractivity contribution in [3.63, 3.8) is 0 Å². The number of benzene rings is 2. The third kappa shape index (κ3) is 4.49. The minimum atomic E-state index is -1.16. The number of hydrogen-bond acceptors (Lipinski definition) is 4. The zero-order valence-corrected chi connectivity index (χ0v) is 21.1. The van der Waals surface area contributed by atoms with E-state index in [1.807, 2.05) is 66.9 Å². The Kier molecular flexibility index (Phi) is 6.21. The molecule has 0 saturated carbocycles. The summed E-state index contributed by atoms with van der Waals surface area (Å²) in [6.45, 7) is 4.64. The van der Waals surface area contributed by atoms with Crippen LogP contribution in [0.5, 0.6) is 0 Å². The maximum Gasteiger partial charge on any atom is 0.273 e. The van der Waals surface area contributed by atoms with Crippen LogP contribution in [0.2, 0.25) is 5.02 Å². The molecule has 2 aromatic heterocycles. The summed E-state index contributed by atoms with van der Waals surface area (Å²) in [5.74, 6) is -0.489. The van der Waals surface area contributed by atoms with Crippen molar-refractivity contribution in [2.75, 3.05) is 0 Å². The van der Waals surface area contributed by atoms with Crippen LogP contribution in [0.4, 0.5) is 0 Å². The topological polar surface area (TPSA) is 67.2 Å². The number of carbonyl (C=O) groups excluding carboxylic acids is 2. The highest BCUT2D eigenvalue weighted by Crippen LogP contribution is 2.33. The maximum atomic E-state index is 13.8. The van der Waals surface area contributed by atoms with Gasteiger partial charge in [0, 0.05) is 18.1 Å². The van der Waals surface area contributed by atoms with Gasteiger partial charge in [0.1, 0.15) is 16.9 Å². The first-order valence-corrected chi connectivity index (χ1v) is 12.6. The molecule has 8 heteroatoms. The number of nitrogens with one attached hydrogen (secondary N) is 1. The monoisotopic (exact) mass is 504 g/mol. The van der Waals surface area contributed by atoms with E-state index in [2.05, 4.69) is 10.4 Å². The second kappa shape index (κ2) is 9.32. The van der Waals surface area contributed by atoms with Gasteiger partial charge in [0.2, 0.25) is 5.91 Å². The molecule has 0 unspecified atom stereocenters. The number of thiophene rings is 1. The van der Waals surface area contributed by atoms with Crippen molar-refractivity contribution in [2.24, 2.45) is 0 Å². The Morgan fingerprint density at radius 1 is 1.14 bits per heavy atom. The first kappa shape index (κ1) is 23.3. The number of halogens is 1. The summed E-state index contributed by atoms with van der Waals surface area (Å²) in [5.41, 5.74) is 2.96. The van der Waals surface area contributed by atoms with E-state index >= 15 is 0 Å². The van der Waals surface area contributed by atoms with E-state index in [0.29, 0.717) is 17.3 Å². The molecular formula is C27H25ClN4O2S. The average Bonchev–Trinajstić information content (AvgIpc) is 3.52. The number of aryl methyl sites for hydroxylation is 1. The van der Waals surface area contributed by atoms with Crippen LogP contribution in [0.25, 0.3) is 10.6 Å². The zero-order chi connectivity index (χ0) is 24.6. The molecule has 6 nitrogen and oxygen atoms in total. The number of aromatic nitrogens is 2. The van der Waals surface area contributed by atoms with E-state index in [0.717, 1.165) is 27.3 Å². The summed E-state index contributed by atoms with van der Waals surface area (Å²) in [6, 6.07) is 21.1. The second-order valence-corrected chi connectivity index (χ2v) is 10.3. The molecule has 1 aliphatic heterocycles. The van der Waals surface area contributed by atoms with E-state index in [1.165, 1.54) is 0 Å². The summed E-state index contributed by atoms with van der Waals surface area (Å²) in [7, 11) is 0. The normalized spacial score (nSPS) is 17.3. The van der Waals surface area contributed by atoms with Crippen molar-refractivity contribution in [1.82, 2.24) is 20.0 Å². The molecule has 4 aromatic rings. The number of carbonyl (C=O) groups is 2. The van der Waals surface area contributed by atoms with Gasteiger partial charge in [-0.1, -0.05) is 65.7 Å². The number of amides is 2. The van der Waals surface area contributed by atoms with Crippen molar-refractivity contribution in [3.8, 4) is 10.6 Å². The first-order valence-electron chi connectivity index (χ1n) is 11.4. The third-order valence-corrected chi connectivity index (χ3v) is 7.68. The van der Waals surface area contributed by atoms with Gasteiger partial charge < -0.3 is 10.2 Å². The Hall–Kier alpha value is -3.42. The largest absolute Gasteiger partial charge is 0.350 e. The molecule has 0 spiro atoms. The summed E-state index contributed by atoms with van der Waals surface area (Å²) in [4.78, 5) is 30.0. The first-order chi connectivity index (χ1) is 16.8. The van der Waals surface area contributed by atoms with Crippen LogP contribution in [-0.4, -0.2) is 32.0 Å². The van der Waals surface area contributed by atoms with Crippen LogP contribution in [0.1, 0.15) is 34.1 Å². The molecular weight excluding hydrogens is 480 g/mol. The fourth-order valence-corrected chi connectivity index (χ4v) is 5.19. The number of rotatable bonds is 6. The van der Waals surface area contributed by atoms with Gasteiger partial charge in [0.15, 0.2) is 0 Å². The molecule has 0 fully saturated rings. The number of fused-ring (bicyclic) bond motifs is 1. The highest BCUT2D eigenvalue weighted by Gasteiger charge is 2.48. The zero-order valence-electron chi connectivity index (χ0n) is 19.5. The summed E-state index contributed by atoms with van der Waals surface area (Å²) >= 11 is 8.00. The second-order valence-electron chi connectivity index (χ2n) is 8.97. The molecule has 3 heterocycles. The molecule has 2 aromatic carbocycles. The molecule has 0 bridgehead atoms. The number of hydrogen-bond donors (Lipinski definition) is 1. The molecule has 1 N–H and O–H groups in total. The van der Waals surface area contributed by atoms with Crippen LogP contribution in [-0.2, 0) is 24.4 Å². The average molecular weight is 505 g/mol. The van der Waals surface area contributed by atoms with Gasteiger partial charge in [-0.05, 0) is 48.6 Å². The Morgan fingerprint density at radius 3 is 2.63 bits per heavy atom. The van der Waals surface area contributed by atoms with Gasteiger partial charge in [-0.15, -0.1) is 11.3 Å². The third-order valence-electron chi connectivity index (χ3n) is 6.42. The summed E-state index contributed by atoms with van der Waals surface area (Å²) < 4.78 is 1.66. The smallest absolute Gasteiger partial charge is 0.273 e. The van der Waals surface area contributed by atoms with Gasteiger partial charge >= 0.3 is 0 Å². The Morgan fingerprint density at radius 2 is 1.91 bits per heavy atom. The van der Waals surface area contributed by atoms with Crippen molar-refractivity contribution in [2.45, 2.75) is 39.0 Å². The molecule has 0 saturated heterocycles. The van der Waals surface area contributed by atoms with E-state index in [-0.39, 0.29) is 24.9 Å². The summed E-state index contributed by atoms with van der Waals surface area (Å²) in [6.07, 6.45) is 0. The molecule has 1 atom stereocenters. The number of nitrogens with zero attached hydrogens (tertiary/aromatic N) is 3. The van der Waals surface area contributed by atoms with E-state index < -0.39 is 5.54 Å². The molecule has 2 amide bonds. The SMILES string of the molecule is Cc1ccc(CNC(=O)[C@@]2(C)Cn3nc(-c4cccs4)cc3C(=O)N2Cc2ccccc2Cl)cc1. The molecule has 178 valence electrons. The van der Waals surface area contributed by atoms with E-state index in [9.17, 15) is 9.59 Å². The predicted octanol–water partition coefficient (Wildman–Crippen LogP) is 5.30. The molecule has 35 heavy (non-hydrogen) atoms. The fourth-order valence-electron chi connectivity index (χ4n) is 4.31. The van der Waals surface area contributed by atoms with Gasteiger partial charge in [-0.25, -0.2) is 0 Å². The van der Waals surface area contributed by atoms with Crippen LogP contribution in [0.15, 0.2) is 72.1 Å². The highest BCUT2D eigenvalue weighted by molar-refractivity contribution is 7.13. The minimum Gasteiger partial charge on any atom is -0.350 e. The predicted molar refractivity (Wildman–Crippen MR) is 138 cm³/mol. The van der Waals surface area contributed by atoms with Crippen molar-refractivity contribution >= 4 is 34.8 Å². The van der Waals surface area contributed by atoms with Gasteiger partial charge in [0.25, 0.3) is 5.91 Å². The summed E-state index contributed by atoms with van der Waals surface area (Å²) in [5, 5.41) is 10.3. The molecule has 1 aliphatic rings. The lowest BCUT2D eigenvalue weighted by Crippen LogP contribution is -2.63. The van der Waals surface area contributed by atoms with E-state index in [4.69, 9.17) is 11.6 Å². The molecule has 0 aliphatic carbocycles. The van der Waals surface area contributed by atoms with E-state index in [1.54, 1.807) is 40.0 Å². The molecule has 0 radical (unpaired) electrons. The van der Waals surface area contributed by atoms with Gasteiger partial charge in [-0.3, -0.25) is 14.3 Å². The molecule has 5 rings (SSSR count). The fraction of sp³-hybridized carbons (Fsp3) is 0.222. The van der Waals surface area contributed by atoms with Crippen molar-refractivity contribution in [3.05, 3.63) is 99.5 Å². The van der Waals surface area contributed by atoms with Crippen molar-refractivity contribution in [1.29, 1.82) is 0 Å². The lowest BCUT2D eigenvalue weighted by atomic mass is 9.94. The quantitative estimate of drug-likeness (QED) is 0.387. The van der Waals surface area contributed by atoms with Crippen LogP contribution < -0.4 is 5.32 Å². The van der Waals surface area contributed by atoms with Crippen molar-refractivity contribution < 1.29 is 9.59 Å². The maximum absolute atomic E-state index is 13.8.